The summed E-state index contributed by atoms with van der Waals surface area (Å²) in [4.78, 5) is 20.7. The van der Waals surface area contributed by atoms with Crippen molar-refractivity contribution >= 4 is 23.2 Å². The summed E-state index contributed by atoms with van der Waals surface area (Å²) in [5.41, 5.74) is 2.43. The van der Waals surface area contributed by atoms with Crippen LogP contribution in [0.15, 0.2) is 10.5 Å². The van der Waals surface area contributed by atoms with Crippen LogP contribution < -0.4 is 16.0 Å². The minimum Gasteiger partial charge on any atom is -0.383 e. The maximum atomic E-state index is 11.9. The molecule has 1 aromatic rings. The lowest BCUT2D eigenvalue weighted by atomic mass is 10.3. The molecule has 0 bridgehead atoms. The first-order valence-electron chi connectivity index (χ1n) is 6.72. The fraction of sp³-hybridized carbons (Fsp3) is 0.615. The number of carbonyl (C=O) groups excluding carboxylic acids is 1. The number of nitrogens with one attached hydrogen (secondary N) is 3. The molecule has 21 heavy (non-hydrogen) atoms. The molecule has 1 rings (SSSR count). The van der Waals surface area contributed by atoms with Crippen molar-refractivity contribution in [2.45, 2.75) is 19.9 Å². The highest BCUT2D eigenvalue weighted by Gasteiger charge is 2.10. The standard InChI is InChI=1S/C13H23N5O2S/c1-9(7-20-4)18-13(14-3)16-6-5-15-12(19)11-10(2)17-8-21-11/h8-9H,5-7H2,1-4H3,(H,15,19)(H2,14,16,18). The summed E-state index contributed by atoms with van der Waals surface area (Å²) >= 11 is 1.35. The van der Waals surface area contributed by atoms with Crippen molar-refractivity contribution in [3.63, 3.8) is 0 Å². The van der Waals surface area contributed by atoms with E-state index in [4.69, 9.17) is 4.74 Å². The van der Waals surface area contributed by atoms with E-state index in [-0.39, 0.29) is 11.9 Å². The molecule has 0 aliphatic heterocycles. The first-order valence-corrected chi connectivity index (χ1v) is 7.60. The van der Waals surface area contributed by atoms with Gasteiger partial charge in [0, 0.05) is 33.3 Å². The molecule has 0 aliphatic rings. The van der Waals surface area contributed by atoms with Gasteiger partial charge in [0.15, 0.2) is 5.96 Å². The Morgan fingerprint density at radius 2 is 2.19 bits per heavy atom. The summed E-state index contributed by atoms with van der Waals surface area (Å²) < 4.78 is 5.05. The molecule has 7 nitrogen and oxygen atoms in total. The highest BCUT2D eigenvalue weighted by Crippen LogP contribution is 2.10. The van der Waals surface area contributed by atoms with E-state index in [9.17, 15) is 4.79 Å². The number of aryl methyl sites for hydroxylation is 1. The number of methoxy groups -OCH3 is 1. The van der Waals surface area contributed by atoms with Crippen molar-refractivity contribution < 1.29 is 9.53 Å². The number of thiazole rings is 1. The van der Waals surface area contributed by atoms with Crippen molar-refractivity contribution in [2.24, 2.45) is 4.99 Å². The number of guanidine groups is 1. The van der Waals surface area contributed by atoms with Gasteiger partial charge in [0.2, 0.25) is 0 Å². The van der Waals surface area contributed by atoms with Gasteiger partial charge in [-0.25, -0.2) is 4.98 Å². The Labute approximate surface area is 129 Å². The normalized spacial score (nSPS) is 12.9. The van der Waals surface area contributed by atoms with Crippen LogP contribution >= 0.6 is 11.3 Å². The van der Waals surface area contributed by atoms with Gasteiger partial charge in [-0.3, -0.25) is 9.79 Å². The van der Waals surface area contributed by atoms with Gasteiger partial charge in [0.05, 0.1) is 17.8 Å². The van der Waals surface area contributed by atoms with E-state index in [2.05, 4.69) is 25.9 Å². The minimum atomic E-state index is -0.0903. The number of hydrogen-bond acceptors (Lipinski definition) is 5. The molecule has 1 unspecified atom stereocenters. The monoisotopic (exact) mass is 313 g/mol. The van der Waals surface area contributed by atoms with Crippen LogP contribution in [0, 0.1) is 6.92 Å². The van der Waals surface area contributed by atoms with Gasteiger partial charge in [-0.05, 0) is 13.8 Å². The second-order valence-corrected chi connectivity index (χ2v) is 5.38. The number of amides is 1. The third-order valence-electron chi connectivity index (χ3n) is 2.68. The summed E-state index contributed by atoms with van der Waals surface area (Å²) in [6, 6.07) is 0.163. The van der Waals surface area contributed by atoms with Gasteiger partial charge in [0.1, 0.15) is 4.88 Å². The van der Waals surface area contributed by atoms with Gasteiger partial charge < -0.3 is 20.7 Å². The molecule has 0 aromatic carbocycles. The van der Waals surface area contributed by atoms with Crippen molar-refractivity contribution in [1.82, 2.24) is 20.9 Å². The van der Waals surface area contributed by atoms with Crippen molar-refractivity contribution in [2.75, 3.05) is 33.9 Å². The number of carbonyl (C=O) groups is 1. The van der Waals surface area contributed by atoms with Gasteiger partial charge in [-0.2, -0.15) is 0 Å². The summed E-state index contributed by atoms with van der Waals surface area (Å²) in [6.45, 7) is 5.53. The Hall–Kier alpha value is -1.67. The number of hydrogen-bond donors (Lipinski definition) is 3. The second-order valence-electron chi connectivity index (χ2n) is 4.52. The molecule has 1 amide bonds. The lowest BCUT2D eigenvalue weighted by Gasteiger charge is -2.17. The molecule has 118 valence electrons. The first-order chi connectivity index (χ1) is 10.1. The van der Waals surface area contributed by atoms with E-state index in [0.717, 1.165) is 5.69 Å². The predicted octanol–water partition coefficient (Wildman–Crippen LogP) is 0.381. The van der Waals surface area contributed by atoms with Gasteiger partial charge in [0.25, 0.3) is 5.91 Å². The lowest BCUT2D eigenvalue weighted by molar-refractivity contribution is 0.0957. The minimum absolute atomic E-state index is 0.0903. The molecule has 0 aliphatic carbocycles. The van der Waals surface area contributed by atoms with Gasteiger partial charge in [-0.1, -0.05) is 0 Å². The lowest BCUT2D eigenvalue weighted by Crippen LogP contribution is -2.46. The fourth-order valence-corrected chi connectivity index (χ4v) is 2.40. The largest absolute Gasteiger partial charge is 0.383 e. The van der Waals surface area contributed by atoms with Gasteiger partial charge >= 0.3 is 0 Å². The van der Waals surface area contributed by atoms with Crippen molar-refractivity contribution in [3.05, 3.63) is 16.1 Å². The zero-order chi connectivity index (χ0) is 15.7. The van der Waals surface area contributed by atoms with Crippen LogP contribution in [0.4, 0.5) is 0 Å². The summed E-state index contributed by atoms with van der Waals surface area (Å²) in [6.07, 6.45) is 0. The Balaban J connectivity index is 2.26. The van der Waals surface area contributed by atoms with Crippen LogP contribution in [-0.4, -0.2) is 56.7 Å². The Bertz CT molecular complexity index is 475. The molecular weight excluding hydrogens is 290 g/mol. The molecule has 0 saturated heterocycles. The highest BCUT2D eigenvalue weighted by molar-refractivity contribution is 7.11. The number of nitrogens with zero attached hydrogens (tertiary/aromatic N) is 2. The summed E-state index contributed by atoms with van der Waals surface area (Å²) in [5.74, 6) is 0.593. The third kappa shape index (κ3) is 6.09. The SMILES string of the molecule is CN=C(NCCNC(=O)c1scnc1C)NC(C)COC. The average molecular weight is 313 g/mol. The molecule has 0 saturated carbocycles. The maximum Gasteiger partial charge on any atom is 0.263 e. The number of ether oxygens (including phenoxy) is 1. The highest BCUT2D eigenvalue weighted by atomic mass is 32.1. The van der Waals surface area contributed by atoms with Crippen LogP contribution in [-0.2, 0) is 4.74 Å². The molecular formula is C13H23N5O2S. The van der Waals surface area contributed by atoms with E-state index in [1.165, 1.54) is 11.3 Å². The maximum absolute atomic E-state index is 11.9. The first kappa shape index (κ1) is 17.4. The van der Waals surface area contributed by atoms with E-state index in [1.54, 1.807) is 19.7 Å². The molecule has 0 spiro atoms. The van der Waals surface area contributed by atoms with Crippen LogP contribution in [0.2, 0.25) is 0 Å². The molecule has 8 heteroatoms. The average Bonchev–Trinajstić information content (AvgIpc) is 2.88. The quantitative estimate of drug-likeness (QED) is 0.385. The van der Waals surface area contributed by atoms with Crippen LogP contribution in [0.3, 0.4) is 0 Å². The van der Waals surface area contributed by atoms with Crippen molar-refractivity contribution in [1.29, 1.82) is 0 Å². The topological polar surface area (TPSA) is 87.6 Å². The second kappa shape index (κ2) is 9.30. The van der Waals surface area contributed by atoms with E-state index >= 15 is 0 Å². The molecule has 3 N–H and O–H groups in total. The molecule has 0 radical (unpaired) electrons. The van der Waals surface area contributed by atoms with E-state index in [1.807, 2.05) is 13.8 Å². The molecule has 1 atom stereocenters. The summed E-state index contributed by atoms with van der Waals surface area (Å²) in [7, 11) is 3.36. The Kier molecular flexibility index (Phi) is 7.70. The van der Waals surface area contributed by atoms with Crippen molar-refractivity contribution in [3.8, 4) is 0 Å². The van der Waals surface area contributed by atoms with Crippen LogP contribution in [0.25, 0.3) is 0 Å². The smallest absolute Gasteiger partial charge is 0.263 e. The molecule has 1 heterocycles. The Morgan fingerprint density at radius 3 is 2.76 bits per heavy atom. The third-order valence-corrected chi connectivity index (χ3v) is 3.61. The van der Waals surface area contributed by atoms with Gasteiger partial charge in [-0.15, -0.1) is 11.3 Å². The zero-order valence-electron chi connectivity index (χ0n) is 12.9. The zero-order valence-corrected chi connectivity index (χ0v) is 13.7. The fourth-order valence-electron chi connectivity index (χ4n) is 1.68. The molecule has 1 aromatic heterocycles. The Morgan fingerprint density at radius 1 is 1.48 bits per heavy atom. The predicted molar refractivity (Wildman–Crippen MR) is 85.0 cm³/mol. The summed E-state index contributed by atoms with van der Waals surface area (Å²) in [5, 5.41) is 9.16. The van der Waals surface area contributed by atoms with E-state index in [0.29, 0.717) is 30.5 Å². The van der Waals surface area contributed by atoms with Crippen LogP contribution in [0.1, 0.15) is 22.3 Å². The number of aromatic nitrogens is 1. The number of aliphatic imine (C=N–C) groups is 1. The molecule has 0 fully saturated rings. The van der Waals surface area contributed by atoms with E-state index < -0.39 is 0 Å². The number of rotatable bonds is 7. The van der Waals surface area contributed by atoms with Crippen LogP contribution in [0.5, 0.6) is 0 Å².